The number of thiophene rings is 1. The molecular formula is C18H18N4O4S. The summed E-state index contributed by atoms with van der Waals surface area (Å²) in [6, 6.07) is 7.64. The zero-order valence-electron chi connectivity index (χ0n) is 14.8. The second-order valence-electron chi connectivity index (χ2n) is 5.53. The van der Waals surface area contributed by atoms with Gasteiger partial charge in [-0.2, -0.15) is 10.5 Å². The standard InChI is InChI=1S/C18H18N4O4S/c1-13-14(21-18(26-13)15-5-2-10-27-15)11-17(24)25-12-16(23)22(8-3-6-19)9-4-7-20/h2,5,10H,3-4,8-9,11-12H2,1H3. The summed E-state index contributed by atoms with van der Waals surface area (Å²) in [4.78, 5) is 30.7. The minimum atomic E-state index is -0.599. The summed E-state index contributed by atoms with van der Waals surface area (Å²) in [6.07, 6.45) is 0.188. The summed E-state index contributed by atoms with van der Waals surface area (Å²) in [5.74, 6) is -0.0742. The number of nitriles is 2. The second kappa shape index (κ2) is 10.1. The SMILES string of the molecule is Cc1oc(-c2cccs2)nc1CC(=O)OCC(=O)N(CCC#N)CCC#N. The molecular weight excluding hydrogens is 368 g/mol. The van der Waals surface area contributed by atoms with E-state index in [-0.39, 0.29) is 32.4 Å². The molecule has 0 N–H and O–H groups in total. The Kier molecular flexibility index (Phi) is 7.53. The highest BCUT2D eigenvalue weighted by molar-refractivity contribution is 7.13. The topological polar surface area (TPSA) is 120 Å². The van der Waals surface area contributed by atoms with Crippen LogP contribution in [0.1, 0.15) is 24.3 Å². The Hall–Kier alpha value is -3.17. The van der Waals surface area contributed by atoms with Crippen molar-refractivity contribution in [3.8, 4) is 22.9 Å². The third kappa shape index (κ3) is 5.94. The van der Waals surface area contributed by atoms with Crippen LogP contribution in [0.2, 0.25) is 0 Å². The van der Waals surface area contributed by atoms with Crippen LogP contribution in [0, 0.1) is 29.6 Å². The van der Waals surface area contributed by atoms with Crippen LogP contribution in [-0.4, -0.2) is 41.5 Å². The maximum Gasteiger partial charge on any atom is 0.312 e. The van der Waals surface area contributed by atoms with Gasteiger partial charge in [-0.15, -0.1) is 11.3 Å². The van der Waals surface area contributed by atoms with Gasteiger partial charge in [-0.25, -0.2) is 4.98 Å². The van der Waals surface area contributed by atoms with Gasteiger partial charge in [0.05, 0.1) is 42.0 Å². The Morgan fingerprint density at radius 2 is 2.00 bits per heavy atom. The van der Waals surface area contributed by atoms with E-state index >= 15 is 0 Å². The van der Waals surface area contributed by atoms with Crippen molar-refractivity contribution in [1.82, 2.24) is 9.88 Å². The first kappa shape index (κ1) is 20.1. The summed E-state index contributed by atoms with van der Waals surface area (Å²) >= 11 is 1.48. The summed E-state index contributed by atoms with van der Waals surface area (Å²) in [5, 5.41) is 19.2. The largest absolute Gasteiger partial charge is 0.455 e. The molecule has 0 aliphatic rings. The lowest BCUT2D eigenvalue weighted by Crippen LogP contribution is -2.36. The molecule has 27 heavy (non-hydrogen) atoms. The van der Waals surface area contributed by atoms with Crippen LogP contribution in [0.15, 0.2) is 21.9 Å². The van der Waals surface area contributed by atoms with Crippen molar-refractivity contribution in [2.24, 2.45) is 0 Å². The average molecular weight is 386 g/mol. The Balaban J connectivity index is 1.89. The number of carbonyl (C=O) groups excluding carboxylic acids is 2. The first-order valence-corrected chi connectivity index (χ1v) is 9.10. The second-order valence-corrected chi connectivity index (χ2v) is 6.48. The predicted octanol–water partition coefficient (Wildman–Crippen LogP) is 2.45. The number of carbonyl (C=O) groups is 2. The highest BCUT2D eigenvalue weighted by Gasteiger charge is 2.19. The quantitative estimate of drug-likeness (QED) is 0.607. The fraction of sp³-hybridized carbons (Fsp3) is 0.389. The van der Waals surface area contributed by atoms with E-state index in [9.17, 15) is 9.59 Å². The minimum Gasteiger partial charge on any atom is -0.455 e. The first-order valence-electron chi connectivity index (χ1n) is 8.22. The fourth-order valence-electron chi connectivity index (χ4n) is 2.25. The number of nitrogens with zero attached hydrogens (tertiary/aromatic N) is 4. The van der Waals surface area contributed by atoms with Crippen LogP contribution in [-0.2, 0) is 20.7 Å². The Morgan fingerprint density at radius 1 is 1.30 bits per heavy atom. The van der Waals surface area contributed by atoms with Gasteiger partial charge in [0, 0.05) is 13.1 Å². The van der Waals surface area contributed by atoms with E-state index in [1.54, 1.807) is 6.92 Å². The van der Waals surface area contributed by atoms with Gasteiger partial charge in [-0.05, 0) is 18.4 Å². The molecule has 0 saturated heterocycles. The summed E-state index contributed by atoms with van der Waals surface area (Å²) in [6.45, 7) is 1.66. The molecule has 0 fully saturated rings. The molecule has 8 nitrogen and oxygen atoms in total. The van der Waals surface area contributed by atoms with E-state index in [1.807, 2.05) is 29.7 Å². The lowest BCUT2D eigenvalue weighted by molar-refractivity contribution is -0.151. The zero-order valence-corrected chi connectivity index (χ0v) is 15.6. The number of aryl methyl sites for hydroxylation is 1. The molecule has 0 atom stereocenters. The number of hydrogen-bond donors (Lipinski definition) is 0. The van der Waals surface area contributed by atoms with Gasteiger partial charge in [0.1, 0.15) is 5.76 Å². The lowest BCUT2D eigenvalue weighted by Gasteiger charge is -2.20. The molecule has 2 rings (SSSR count). The maximum absolute atomic E-state index is 12.1. The predicted molar refractivity (Wildman–Crippen MR) is 96.3 cm³/mol. The van der Waals surface area contributed by atoms with Gasteiger partial charge >= 0.3 is 5.97 Å². The van der Waals surface area contributed by atoms with E-state index < -0.39 is 18.5 Å². The summed E-state index contributed by atoms with van der Waals surface area (Å²) in [5.41, 5.74) is 0.460. The Morgan fingerprint density at radius 3 is 2.59 bits per heavy atom. The van der Waals surface area contributed by atoms with Crippen molar-refractivity contribution in [3.63, 3.8) is 0 Å². The van der Waals surface area contributed by atoms with Crippen LogP contribution in [0.25, 0.3) is 10.8 Å². The van der Waals surface area contributed by atoms with Gasteiger partial charge < -0.3 is 14.1 Å². The Labute approximate surface area is 160 Å². The van der Waals surface area contributed by atoms with Crippen LogP contribution >= 0.6 is 11.3 Å². The highest BCUT2D eigenvalue weighted by Crippen LogP contribution is 2.26. The minimum absolute atomic E-state index is 0.107. The third-order valence-electron chi connectivity index (χ3n) is 3.63. The number of rotatable bonds is 9. The number of aromatic nitrogens is 1. The first-order chi connectivity index (χ1) is 13.0. The summed E-state index contributed by atoms with van der Waals surface area (Å²) in [7, 11) is 0. The van der Waals surface area contributed by atoms with Crippen molar-refractivity contribution in [3.05, 3.63) is 29.0 Å². The van der Waals surface area contributed by atoms with Crippen LogP contribution < -0.4 is 0 Å². The van der Waals surface area contributed by atoms with E-state index in [0.29, 0.717) is 17.3 Å². The van der Waals surface area contributed by atoms with E-state index in [1.165, 1.54) is 16.2 Å². The smallest absolute Gasteiger partial charge is 0.312 e. The van der Waals surface area contributed by atoms with Crippen LogP contribution in [0.5, 0.6) is 0 Å². The molecule has 0 aromatic carbocycles. The molecule has 0 aliphatic heterocycles. The van der Waals surface area contributed by atoms with Gasteiger partial charge in [0.15, 0.2) is 6.61 Å². The molecule has 0 bridgehead atoms. The molecule has 140 valence electrons. The monoisotopic (exact) mass is 386 g/mol. The van der Waals surface area contributed by atoms with Gasteiger partial charge in [0.2, 0.25) is 5.89 Å². The molecule has 0 radical (unpaired) electrons. The van der Waals surface area contributed by atoms with Gasteiger partial charge in [-0.1, -0.05) is 6.07 Å². The molecule has 0 aliphatic carbocycles. The van der Waals surface area contributed by atoms with Crippen molar-refractivity contribution in [1.29, 1.82) is 10.5 Å². The molecule has 2 heterocycles. The van der Waals surface area contributed by atoms with Crippen LogP contribution in [0.3, 0.4) is 0 Å². The lowest BCUT2D eigenvalue weighted by atomic mass is 10.3. The zero-order chi connectivity index (χ0) is 19.6. The fourth-order valence-corrected chi connectivity index (χ4v) is 2.90. The summed E-state index contributed by atoms with van der Waals surface area (Å²) < 4.78 is 10.6. The molecule has 2 aromatic rings. The van der Waals surface area contributed by atoms with Crippen molar-refractivity contribution in [2.75, 3.05) is 19.7 Å². The number of esters is 1. The maximum atomic E-state index is 12.1. The van der Waals surface area contributed by atoms with Crippen molar-refractivity contribution < 1.29 is 18.7 Å². The van der Waals surface area contributed by atoms with Crippen molar-refractivity contribution >= 4 is 23.2 Å². The number of ether oxygens (including phenoxy) is 1. The molecule has 2 aromatic heterocycles. The van der Waals surface area contributed by atoms with E-state index in [2.05, 4.69) is 4.98 Å². The molecule has 1 amide bonds. The van der Waals surface area contributed by atoms with Gasteiger partial charge in [0.25, 0.3) is 5.91 Å². The third-order valence-corrected chi connectivity index (χ3v) is 4.49. The van der Waals surface area contributed by atoms with Gasteiger partial charge in [-0.3, -0.25) is 9.59 Å². The van der Waals surface area contributed by atoms with Crippen LogP contribution in [0.4, 0.5) is 0 Å². The van der Waals surface area contributed by atoms with E-state index in [0.717, 1.165) is 4.88 Å². The van der Waals surface area contributed by atoms with E-state index in [4.69, 9.17) is 19.7 Å². The average Bonchev–Trinajstić information content (AvgIpc) is 3.30. The Bertz CT molecular complexity index is 843. The molecule has 0 spiro atoms. The molecule has 9 heteroatoms. The number of amides is 1. The number of oxazole rings is 1. The van der Waals surface area contributed by atoms with Crippen molar-refractivity contribution in [2.45, 2.75) is 26.2 Å². The molecule has 0 saturated carbocycles. The number of hydrogen-bond acceptors (Lipinski definition) is 8. The normalized spacial score (nSPS) is 10.0. The highest BCUT2D eigenvalue weighted by atomic mass is 32.1. The molecule has 0 unspecified atom stereocenters.